The number of aromatic nitrogens is 2. The Balaban J connectivity index is 2.95. The van der Waals surface area contributed by atoms with Crippen molar-refractivity contribution in [2.24, 2.45) is 5.73 Å². The Kier molecular flexibility index (Phi) is 2.76. The van der Waals surface area contributed by atoms with E-state index in [2.05, 4.69) is 23.8 Å². The first kappa shape index (κ1) is 9.13. The topological polar surface area (TPSA) is 51.8 Å². The molecule has 1 aromatic heterocycles. The minimum absolute atomic E-state index is 0.0682. The smallest absolute Gasteiger partial charge is 0.135 e. The maximum atomic E-state index is 5.67. The van der Waals surface area contributed by atoms with E-state index in [4.69, 9.17) is 5.73 Å². The highest BCUT2D eigenvalue weighted by atomic mass is 14.9. The number of nitrogens with two attached hydrogens (primary N) is 1. The fraction of sp³-hybridized carbons (Fsp3) is 0.556. The van der Waals surface area contributed by atoms with Gasteiger partial charge in [0.2, 0.25) is 0 Å². The second-order valence-electron chi connectivity index (χ2n) is 3.19. The fourth-order valence-corrected chi connectivity index (χ4v) is 1.00. The lowest BCUT2D eigenvalue weighted by Gasteiger charge is -2.23. The van der Waals surface area contributed by atoms with E-state index in [1.54, 1.807) is 12.4 Å². The lowest BCUT2D eigenvalue weighted by molar-refractivity contribution is 0.438. The van der Waals surface area contributed by atoms with Crippen LogP contribution in [-0.2, 0) is 5.41 Å². The van der Waals surface area contributed by atoms with Gasteiger partial charge in [0.1, 0.15) is 5.82 Å². The van der Waals surface area contributed by atoms with Gasteiger partial charge in [-0.1, -0.05) is 13.8 Å². The van der Waals surface area contributed by atoms with Crippen LogP contribution in [0.25, 0.3) is 0 Å². The molecule has 0 aliphatic rings. The van der Waals surface area contributed by atoms with Gasteiger partial charge in [0, 0.05) is 24.4 Å². The van der Waals surface area contributed by atoms with Gasteiger partial charge in [0.05, 0.1) is 0 Å². The summed E-state index contributed by atoms with van der Waals surface area (Å²) in [5.41, 5.74) is 5.60. The second kappa shape index (κ2) is 3.63. The average molecular weight is 165 g/mol. The van der Waals surface area contributed by atoms with E-state index < -0.39 is 0 Å². The fourth-order valence-electron chi connectivity index (χ4n) is 1.00. The first-order valence-electron chi connectivity index (χ1n) is 4.20. The van der Waals surface area contributed by atoms with Crippen LogP contribution in [0.15, 0.2) is 18.5 Å². The van der Waals surface area contributed by atoms with Crippen molar-refractivity contribution < 1.29 is 0 Å². The Hall–Kier alpha value is -0.960. The van der Waals surface area contributed by atoms with Gasteiger partial charge < -0.3 is 5.73 Å². The van der Waals surface area contributed by atoms with Gasteiger partial charge in [-0.05, 0) is 12.5 Å². The highest BCUT2D eigenvalue weighted by Gasteiger charge is 2.25. The molecule has 12 heavy (non-hydrogen) atoms. The minimum Gasteiger partial charge on any atom is -0.329 e. The van der Waals surface area contributed by atoms with Crippen molar-refractivity contribution in [3.63, 3.8) is 0 Å². The molecule has 2 N–H and O–H groups in total. The minimum atomic E-state index is -0.0682. The van der Waals surface area contributed by atoms with Gasteiger partial charge >= 0.3 is 0 Å². The third-order valence-electron chi connectivity index (χ3n) is 2.34. The largest absolute Gasteiger partial charge is 0.329 e. The van der Waals surface area contributed by atoms with E-state index >= 15 is 0 Å². The molecule has 1 aromatic rings. The normalized spacial score (nSPS) is 15.6. The zero-order valence-electron chi connectivity index (χ0n) is 7.62. The molecule has 1 unspecified atom stereocenters. The lowest BCUT2D eigenvalue weighted by atomic mass is 9.87. The summed E-state index contributed by atoms with van der Waals surface area (Å²) >= 11 is 0. The van der Waals surface area contributed by atoms with Gasteiger partial charge in [0.15, 0.2) is 0 Å². The Labute approximate surface area is 73.0 Å². The van der Waals surface area contributed by atoms with E-state index in [1.165, 1.54) is 0 Å². The SMILES string of the molecule is CCC(C)(CN)c1ncccn1. The molecule has 0 aliphatic heterocycles. The summed E-state index contributed by atoms with van der Waals surface area (Å²) in [5.74, 6) is 0.843. The predicted molar refractivity (Wildman–Crippen MR) is 48.7 cm³/mol. The van der Waals surface area contributed by atoms with Gasteiger partial charge in [-0.3, -0.25) is 0 Å². The highest BCUT2D eigenvalue weighted by Crippen LogP contribution is 2.21. The molecule has 0 spiro atoms. The molecule has 0 fully saturated rings. The molecule has 1 heterocycles. The summed E-state index contributed by atoms with van der Waals surface area (Å²) in [6, 6.07) is 1.82. The van der Waals surface area contributed by atoms with Crippen molar-refractivity contribution >= 4 is 0 Å². The zero-order chi connectivity index (χ0) is 9.03. The quantitative estimate of drug-likeness (QED) is 0.729. The molecular formula is C9H15N3. The first-order valence-corrected chi connectivity index (χ1v) is 4.20. The molecule has 0 bridgehead atoms. The summed E-state index contributed by atoms with van der Waals surface area (Å²) in [6.45, 7) is 4.78. The maximum absolute atomic E-state index is 5.67. The van der Waals surface area contributed by atoms with Crippen LogP contribution in [0.2, 0.25) is 0 Å². The lowest BCUT2D eigenvalue weighted by Crippen LogP contribution is -2.32. The summed E-state index contributed by atoms with van der Waals surface area (Å²) in [4.78, 5) is 8.40. The molecule has 0 aromatic carbocycles. The zero-order valence-corrected chi connectivity index (χ0v) is 7.62. The van der Waals surface area contributed by atoms with Gasteiger partial charge in [-0.2, -0.15) is 0 Å². The molecule has 66 valence electrons. The van der Waals surface area contributed by atoms with E-state index in [1.807, 2.05) is 6.07 Å². The molecule has 3 heteroatoms. The average Bonchev–Trinajstić information content (AvgIpc) is 2.18. The van der Waals surface area contributed by atoms with Crippen LogP contribution in [0.3, 0.4) is 0 Å². The van der Waals surface area contributed by atoms with Crippen molar-refractivity contribution in [1.29, 1.82) is 0 Å². The third-order valence-corrected chi connectivity index (χ3v) is 2.34. The third kappa shape index (κ3) is 1.61. The van der Waals surface area contributed by atoms with Crippen LogP contribution >= 0.6 is 0 Å². The Bertz CT molecular complexity index is 229. The van der Waals surface area contributed by atoms with Crippen molar-refractivity contribution in [2.75, 3.05) is 6.54 Å². The van der Waals surface area contributed by atoms with Crippen LogP contribution in [0.4, 0.5) is 0 Å². The molecule has 0 saturated heterocycles. The van der Waals surface area contributed by atoms with E-state index in [0.717, 1.165) is 12.2 Å². The Morgan fingerprint density at radius 3 is 2.42 bits per heavy atom. The van der Waals surface area contributed by atoms with E-state index in [9.17, 15) is 0 Å². The van der Waals surface area contributed by atoms with Crippen LogP contribution in [0.1, 0.15) is 26.1 Å². The number of hydrogen-bond donors (Lipinski definition) is 1. The molecule has 0 aliphatic carbocycles. The summed E-state index contributed by atoms with van der Waals surface area (Å²) in [5, 5.41) is 0. The number of rotatable bonds is 3. The molecule has 1 atom stereocenters. The van der Waals surface area contributed by atoms with Crippen molar-refractivity contribution in [3.05, 3.63) is 24.3 Å². The molecule has 0 amide bonds. The summed E-state index contributed by atoms with van der Waals surface area (Å²) in [7, 11) is 0. The maximum Gasteiger partial charge on any atom is 0.135 e. The van der Waals surface area contributed by atoms with Crippen LogP contribution in [0, 0.1) is 0 Å². The van der Waals surface area contributed by atoms with Crippen molar-refractivity contribution in [3.8, 4) is 0 Å². The first-order chi connectivity index (χ1) is 5.73. The van der Waals surface area contributed by atoms with Crippen LogP contribution < -0.4 is 5.73 Å². The monoisotopic (exact) mass is 165 g/mol. The van der Waals surface area contributed by atoms with Gasteiger partial charge in [-0.15, -0.1) is 0 Å². The number of nitrogens with zero attached hydrogens (tertiary/aromatic N) is 2. The van der Waals surface area contributed by atoms with Crippen molar-refractivity contribution in [1.82, 2.24) is 9.97 Å². The molecule has 3 nitrogen and oxygen atoms in total. The molecule has 1 rings (SSSR count). The van der Waals surface area contributed by atoms with Crippen LogP contribution in [-0.4, -0.2) is 16.5 Å². The van der Waals surface area contributed by atoms with E-state index in [-0.39, 0.29) is 5.41 Å². The molecular weight excluding hydrogens is 150 g/mol. The summed E-state index contributed by atoms with van der Waals surface area (Å²) in [6.07, 6.45) is 4.48. The summed E-state index contributed by atoms with van der Waals surface area (Å²) < 4.78 is 0. The highest BCUT2D eigenvalue weighted by molar-refractivity contribution is 5.05. The standard InChI is InChI=1S/C9H15N3/c1-3-9(2,7-10)8-11-5-4-6-12-8/h4-6H,3,7,10H2,1-2H3. The van der Waals surface area contributed by atoms with Gasteiger partial charge in [-0.25, -0.2) is 9.97 Å². The Morgan fingerprint density at radius 1 is 1.42 bits per heavy atom. The van der Waals surface area contributed by atoms with Crippen LogP contribution in [0.5, 0.6) is 0 Å². The van der Waals surface area contributed by atoms with Crippen molar-refractivity contribution in [2.45, 2.75) is 25.7 Å². The van der Waals surface area contributed by atoms with E-state index in [0.29, 0.717) is 6.54 Å². The van der Waals surface area contributed by atoms with Gasteiger partial charge in [0.25, 0.3) is 0 Å². The number of hydrogen-bond acceptors (Lipinski definition) is 3. The Morgan fingerprint density at radius 2 is 2.00 bits per heavy atom. The molecule has 0 radical (unpaired) electrons. The molecule has 0 saturated carbocycles. The second-order valence-corrected chi connectivity index (χ2v) is 3.19. The predicted octanol–water partition coefficient (Wildman–Crippen LogP) is 1.10.